The van der Waals surface area contributed by atoms with E-state index in [0.29, 0.717) is 6.61 Å². The molecule has 1 N–H and O–H groups in total. The Morgan fingerprint density at radius 2 is 1.89 bits per heavy atom. The van der Waals surface area contributed by atoms with E-state index in [1.165, 1.54) is 11.1 Å². The zero-order valence-electron chi connectivity index (χ0n) is 11.5. The van der Waals surface area contributed by atoms with Crippen molar-refractivity contribution in [2.45, 2.75) is 26.9 Å². The molecule has 1 heterocycles. The Balaban J connectivity index is 1.84. The van der Waals surface area contributed by atoms with Crippen molar-refractivity contribution in [1.29, 1.82) is 0 Å². The summed E-state index contributed by atoms with van der Waals surface area (Å²) in [6.45, 7) is 6.41. The number of hydrogen-bond donors (Lipinski definition) is 1. The van der Waals surface area contributed by atoms with Gasteiger partial charge in [0.25, 0.3) is 0 Å². The molecule has 1 aromatic carbocycles. The second-order valence-electron chi connectivity index (χ2n) is 4.45. The van der Waals surface area contributed by atoms with E-state index in [4.69, 9.17) is 4.74 Å². The Labute approximate surface area is 114 Å². The summed E-state index contributed by atoms with van der Waals surface area (Å²) in [4.78, 5) is 4.37. The Morgan fingerprint density at radius 1 is 1.11 bits per heavy atom. The zero-order valence-corrected chi connectivity index (χ0v) is 11.5. The van der Waals surface area contributed by atoms with Gasteiger partial charge in [0.05, 0.1) is 12.3 Å². The molecule has 0 spiro atoms. The number of pyridine rings is 1. The van der Waals surface area contributed by atoms with Crippen LogP contribution in [0.15, 0.2) is 42.6 Å². The molecular formula is C16H20N2O. The first kappa shape index (κ1) is 13.6. The van der Waals surface area contributed by atoms with E-state index in [0.717, 1.165) is 24.5 Å². The third-order valence-electron chi connectivity index (χ3n) is 2.97. The van der Waals surface area contributed by atoms with Crippen molar-refractivity contribution < 1.29 is 4.74 Å². The molecule has 0 aliphatic rings. The van der Waals surface area contributed by atoms with Crippen LogP contribution < -0.4 is 10.1 Å². The van der Waals surface area contributed by atoms with Crippen molar-refractivity contribution >= 4 is 0 Å². The summed E-state index contributed by atoms with van der Waals surface area (Å²) < 4.78 is 5.42. The summed E-state index contributed by atoms with van der Waals surface area (Å²) in [5.74, 6) is 0.923. The molecule has 0 saturated carbocycles. The molecule has 0 fully saturated rings. The number of ether oxygens (including phenoxy) is 1. The highest BCUT2D eigenvalue weighted by atomic mass is 16.5. The predicted molar refractivity (Wildman–Crippen MR) is 77.1 cm³/mol. The molecule has 0 saturated heterocycles. The summed E-state index contributed by atoms with van der Waals surface area (Å²) in [6, 6.07) is 12.2. The molecule has 0 radical (unpaired) electrons. The van der Waals surface area contributed by atoms with Gasteiger partial charge in [0.1, 0.15) is 5.75 Å². The highest BCUT2D eigenvalue weighted by Gasteiger charge is 1.99. The Bertz CT molecular complexity index is 508. The standard InChI is InChI=1S/C16H20N2O/c1-3-19-15-8-6-14(7-9-15)11-17-12-16-13(2)5-4-10-18-16/h4-10,17H,3,11-12H2,1-2H3. The van der Waals surface area contributed by atoms with E-state index < -0.39 is 0 Å². The van der Waals surface area contributed by atoms with Crippen LogP contribution in [-0.4, -0.2) is 11.6 Å². The Hall–Kier alpha value is -1.87. The van der Waals surface area contributed by atoms with Crippen LogP contribution in [0.4, 0.5) is 0 Å². The molecule has 0 aliphatic carbocycles. The monoisotopic (exact) mass is 256 g/mol. The van der Waals surface area contributed by atoms with Crippen LogP contribution in [-0.2, 0) is 13.1 Å². The summed E-state index contributed by atoms with van der Waals surface area (Å²) in [7, 11) is 0. The van der Waals surface area contributed by atoms with Gasteiger partial charge < -0.3 is 10.1 Å². The topological polar surface area (TPSA) is 34.1 Å². The predicted octanol–water partition coefficient (Wildman–Crippen LogP) is 3.08. The van der Waals surface area contributed by atoms with Gasteiger partial charge in [-0.3, -0.25) is 4.98 Å². The largest absolute Gasteiger partial charge is 0.494 e. The van der Waals surface area contributed by atoms with Crippen molar-refractivity contribution in [3.8, 4) is 5.75 Å². The lowest BCUT2D eigenvalue weighted by Crippen LogP contribution is -2.14. The molecular weight excluding hydrogens is 236 g/mol. The lowest BCUT2D eigenvalue weighted by atomic mass is 10.2. The molecule has 2 rings (SSSR count). The third-order valence-corrected chi connectivity index (χ3v) is 2.97. The molecule has 0 atom stereocenters. The number of nitrogens with zero attached hydrogens (tertiary/aromatic N) is 1. The van der Waals surface area contributed by atoms with Crippen LogP contribution in [0.25, 0.3) is 0 Å². The molecule has 0 aliphatic heterocycles. The second kappa shape index (κ2) is 6.90. The van der Waals surface area contributed by atoms with Crippen LogP contribution in [0.3, 0.4) is 0 Å². The van der Waals surface area contributed by atoms with Crippen molar-refractivity contribution in [1.82, 2.24) is 10.3 Å². The smallest absolute Gasteiger partial charge is 0.119 e. The molecule has 100 valence electrons. The molecule has 2 aromatic rings. The molecule has 0 bridgehead atoms. The van der Waals surface area contributed by atoms with Gasteiger partial charge in [-0.2, -0.15) is 0 Å². The van der Waals surface area contributed by atoms with Crippen molar-refractivity contribution in [2.24, 2.45) is 0 Å². The highest BCUT2D eigenvalue weighted by Crippen LogP contribution is 2.12. The first-order valence-corrected chi connectivity index (χ1v) is 6.62. The quantitative estimate of drug-likeness (QED) is 0.862. The van der Waals surface area contributed by atoms with Gasteiger partial charge in [0.15, 0.2) is 0 Å². The molecule has 0 unspecified atom stereocenters. The first-order chi connectivity index (χ1) is 9.29. The number of aromatic nitrogens is 1. The molecule has 1 aromatic heterocycles. The summed E-state index contributed by atoms with van der Waals surface area (Å²) in [6.07, 6.45) is 1.83. The van der Waals surface area contributed by atoms with E-state index in [1.54, 1.807) is 0 Å². The van der Waals surface area contributed by atoms with E-state index in [2.05, 4.69) is 35.4 Å². The minimum atomic E-state index is 0.705. The fraction of sp³-hybridized carbons (Fsp3) is 0.312. The fourth-order valence-electron chi connectivity index (χ4n) is 1.90. The van der Waals surface area contributed by atoms with Gasteiger partial charge in [-0.05, 0) is 43.2 Å². The van der Waals surface area contributed by atoms with Crippen LogP contribution in [0.2, 0.25) is 0 Å². The Morgan fingerprint density at radius 3 is 2.58 bits per heavy atom. The van der Waals surface area contributed by atoms with E-state index in [-0.39, 0.29) is 0 Å². The number of rotatable bonds is 6. The van der Waals surface area contributed by atoms with Crippen molar-refractivity contribution in [3.05, 3.63) is 59.4 Å². The zero-order chi connectivity index (χ0) is 13.5. The molecule has 3 nitrogen and oxygen atoms in total. The normalized spacial score (nSPS) is 10.4. The molecule has 0 amide bonds. The average Bonchev–Trinajstić information content (AvgIpc) is 2.43. The van der Waals surface area contributed by atoms with Gasteiger partial charge in [0.2, 0.25) is 0 Å². The molecule has 19 heavy (non-hydrogen) atoms. The van der Waals surface area contributed by atoms with Crippen LogP contribution in [0.5, 0.6) is 5.75 Å². The van der Waals surface area contributed by atoms with Gasteiger partial charge >= 0.3 is 0 Å². The maximum Gasteiger partial charge on any atom is 0.119 e. The van der Waals surface area contributed by atoms with Crippen LogP contribution in [0, 0.1) is 6.92 Å². The van der Waals surface area contributed by atoms with E-state index in [9.17, 15) is 0 Å². The summed E-state index contributed by atoms with van der Waals surface area (Å²) in [5.41, 5.74) is 3.58. The third kappa shape index (κ3) is 4.07. The molecule has 3 heteroatoms. The summed E-state index contributed by atoms with van der Waals surface area (Å²) >= 11 is 0. The Kier molecular flexibility index (Phi) is 4.93. The van der Waals surface area contributed by atoms with Crippen molar-refractivity contribution in [2.75, 3.05) is 6.61 Å². The average molecular weight is 256 g/mol. The number of aryl methyl sites for hydroxylation is 1. The number of nitrogens with one attached hydrogen (secondary N) is 1. The van der Waals surface area contributed by atoms with E-state index in [1.807, 2.05) is 31.3 Å². The van der Waals surface area contributed by atoms with Gasteiger partial charge in [-0.15, -0.1) is 0 Å². The second-order valence-corrected chi connectivity index (χ2v) is 4.45. The fourth-order valence-corrected chi connectivity index (χ4v) is 1.90. The van der Waals surface area contributed by atoms with Crippen molar-refractivity contribution in [3.63, 3.8) is 0 Å². The SMILES string of the molecule is CCOc1ccc(CNCc2ncccc2C)cc1. The minimum absolute atomic E-state index is 0.705. The van der Waals surface area contributed by atoms with Crippen LogP contribution >= 0.6 is 0 Å². The minimum Gasteiger partial charge on any atom is -0.494 e. The lowest BCUT2D eigenvalue weighted by molar-refractivity contribution is 0.340. The highest BCUT2D eigenvalue weighted by molar-refractivity contribution is 5.27. The lowest BCUT2D eigenvalue weighted by Gasteiger charge is -2.08. The van der Waals surface area contributed by atoms with Gasteiger partial charge in [0, 0.05) is 19.3 Å². The van der Waals surface area contributed by atoms with Crippen LogP contribution in [0.1, 0.15) is 23.7 Å². The maximum absolute atomic E-state index is 5.42. The number of hydrogen-bond acceptors (Lipinski definition) is 3. The maximum atomic E-state index is 5.42. The van der Waals surface area contributed by atoms with Gasteiger partial charge in [-0.1, -0.05) is 18.2 Å². The summed E-state index contributed by atoms with van der Waals surface area (Å²) in [5, 5.41) is 3.41. The number of benzene rings is 1. The van der Waals surface area contributed by atoms with Gasteiger partial charge in [-0.25, -0.2) is 0 Å². The van der Waals surface area contributed by atoms with E-state index >= 15 is 0 Å². The first-order valence-electron chi connectivity index (χ1n) is 6.62.